The number of thiazole rings is 1. The van der Waals surface area contributed by atoms with Crippen molar-refractivity contribution in [3.8, 4) is 5.75 Å². The number of piperidine rings is 1. The third kappa shape index (κ3) is 6.35. The van der Waals surface area contributed by atoms with Crippen LogP contribution in [-0.2, 0) is 32.8 Å². The van der Waals surface area contributed by atoms with Crippen molar-refractivity contribution in [3.05, 3.63) is 45.9 Å². The van der Waals surface area contributed by atoms with Gasteiger partial charge in [-0.05, 0) is 70.8 Å². The molecule has 0 bridgehead atoms. The van der Waals surface area contributed by atoms with Gasteiger partial charge >= 0.3 is 11.4 Å². The van der Waals surface area contributed by atoms with Crippen LogP contribution >= 0.6 is 11.3 Å². The maximum atomic E-state index is 11.1. The number of nitrogens with zero attached hydrogens (tertiary/aromatic N) is 2. The fraction of sp³-hybridized carbons (Fsp3) is 0.609. The van der Waals surface area contributed by atoms with Crippen molar-refractivity contribution in [2.75, 3.05) is 26.3 Å². The summed E-state index contributed by atoms with van der Waals surface area (Å²) >= 11 is 0.191. The predicted octanol–water partition coefficient (Wildman–Crippen LogP) is 4.48. The molecule has 0 unspecified atom stereocenters. The van der Waals surface area contributed by atoms with Gasteiger partial charge in [-0.25, -0.2) is 4.98 Å². The van der Waals surface area contributed by atoms with E-state index in [1.54, 1.807) is 11.3 Å². The van der Waals surface area contributed by atoms with Crippen molar-refractivity contribution in [1.82, 2.24) is 9.88 Å². The van der Waals surface area contributed by atoms with Crippen LogP contribution in [-0.4, -0.2) is 45.9 Å². The van der Waals surface area contributed by atoms with E-state index in [-0.39, 0.29) is 11.5 Å². The van der Waals surface area contributed by atoms with Crippen molar-refractivity contribution in [3.63, 3.8) is 0 Å². The van der Waals surface area contributed by atoms with Crippen LogP contribution < -0.4 is 4.74 Å². The molecule has 0 radical (unpaired) electrons. The Labute approximate surface area is 191 Å². The average molecular weight is 465 g/mol. The van der Waals surface area contributed by atoms with Crippen molar-refractivity contribution in [1.29, 1.82) is 0 Å². The highest BCUT2D eigenvalue weighted by Crippen LogP contribution is 2.33. The van der Waals surface area contributed by atoms with E-state index in [9.17, 15) is 4.21 Å². The molecule has 0 atom stereocenters. The minimum Gasteiger partial charge on any atom is -0.487 e. The SMILES string of the molecule is CC(C)(C)N1CCC(c2nc(COc3ccc(C[C@H]4CO[S@](=O)OC4)cc3)cs2)CC1. The van der Waals surface area contributed by atoms with Gasteiger partial charge in [0.1, 0.15) is 12.4 Å². The molecule has 6 nitrogen and oxygen atoms in total. The molecular formula is C23H32N2O4S2. The molecule has 1 aromatic heterocycles. The maximum absolute atomic E-state index is 11.1. The molecule has 0 spiro atoms. The van der Waals surface area contributed by atoms with Crippen LogP contribution in [0.5, 0.6) is 5.75 Å². The van der Waals surface area contributed by atoms with Gasteiger partial charge in [0, 0.05) is 22.8 Å². The molecule has 2 fully saturated rings. The topological polar surface area (TPSA) is 60.9 Å². The zero-order valence-corrected chi connectivity index (χ0v) is 20.2. The van der Waals surface area contributed by atoms with Gasteiger partial charge < -0.3 is 4.74 Å². The highest BCUT2D eigenvalue weighted by molar-refractivity contribution is 7.75. The Balaban J connectivity index is 1.24. The van der Waals surface area contributed by atoms with Gasteiger partial charge in [0.2, 0.25) is 0 Å². The summed E-state index contributed by atoms with van der Waals surface area (Å²) in [5, 5.41) is 3.38. The quantitative estimate of drug-likeness (QED) is 0.628. The first-order valence-corrected chi connectivity index (χ1v) is 12.8. The second-order valence-electron chi connectivity index (χ2n) is 9.39. The summed E-state index contributed by atoms with van der Waals surface area (Å²) in [6, 6.07) is 8.12. The highest BCUT2D eigenvalue weighted by Gasteiger charge is 2.28. The van der Waals surface area contributed by atoms with Crippen LogP contribution in [0.1, 0.15) is 55.8 Å². The van der Waals surface area contributed by atoms with E-state index in [1.807, 2.05) is 12.1 Å². The van der Waals surface area contributed by atoms with Gasteiger partial charge in [-0.3, -0.25) is 13.3 Å². The molecule has 4 rings (SSSR count). The normalized spacial score (nSPS) is 23.7. The zero-order valence-electron chi connectivity index (χ0n) is 18.5. The van der Waals surface area contributed by atoms with Crippen LogP contribution in [0.15, 0.2) is 29.6 Å². The summed E-state index contributed by atoms with van der Waals surface area (Å²) in [4.78, 5) is 7.43. The van der Waals surface area contributed by atoms with E-state index in [0.29, 0.717) is 25.7 Å². The second-order valence-corrected chi connectivity index (χ2v) is 11.2. The maximum Gasteiger partial charge on any atom is 0.304 e. The monoisotopic (exact) mass is 464 g/mol. The number of aromatic nitrogens is 1. The van der Waals surface area contributed by atoms with Crippen molar-refractivity contribution < 1.29 is 17.3 Å². The van der Waals surface area contributed by atoms with Gasteiger partial charge in [-0.1, -0.05) is 12.1 Å². The highest BCUT2D eigenvalue weighted by atomic mass is 32.2. The van der Waals surface area contributed by atoms with Crippen LogP contribution in [0.3, 0.4) is 0 Å². The predicted molar refractivity (Wildman–Crippen MR) is 123 cm³/mol. The minimum absolute atomic E-state index is 0.230. The second kappa shape index (κ2) is 10.1. The Kier molecular flexibility index (Phi) is 7.44. The average Bonchev–Trinajstić information content (AvgIpc) is 3.23. The molecule has 8 heteroatoms. The van der Waals surface area contributed by atoms with E-state index >= 15 is 0 Å². The van der Waals surface area contributed by atoms with Gasteiger partial charge in [-0.2, -0.15) is 4.21 Å². The number of hydrogen-bond donors (Lipinski definition) is 0. The van der Waals surface area contributed by atoms with Crippen molar-refractivity contribution in [2.24, 2.45) is 5.92 Å². The summed E-state index contributed by atoms with van der Waals surface area (Å²) in [5.74, 6) is 1.64. The fourth-order valence-electron chi connectivity index (χ4n) is 4.09. The Hall–Kier alpha value is -1.32. The summed E-state index contributed by atoms with van der Waals surface area (Å²) in [7, 11) is 0. The molecular weight excluding hydrogens is 432 g/mol. The Morgan fingerprint density at radius 3 is 2.48 bits per heavy atom. The lowest BCUT2D eigenvalue weighted by Gasteiger charge is -2.40. The molecule has 2 saturated heterocycles. The van der Waals surface area contributed by atoms with E-state index in [2.05, 4.69) is 43.2 Å². The van der Waals surface area contributed by atoms with E-state index in [4.69, 9.17) is 18.1 Å². The first-order chi connectivity index (χ1) is 14.9. The molecule has 1 aromatic carbocycles. The van der Waals surface area contributed by atoms with Crippen molar-refractivity contribution >= 4 is 22.7 Å². The van der Waals surface area contributed by atoms with E-state index < -0.39 is 11.4 Å². The van der Waals surface area contributed by atoms with Crippen LogP contribution in [0.25, 0.3) is 0 Å². The Morgan fingerprint density at radius 1 is 1.16 bits per heavy atom. The fourth-order valence-corrected chi connectivity index (χ4v) is 5.74. The smallest absolute Gasteiger partial charge is 0.304 e. The lowest BCUT2D eigenvalue weighted by Crippen LogP contribution is -2.45. The number of rotatable bonds is 6. The van der Waals surface area contributed by atoms with E-state index in [1.165, 1.54) is 23.4 Å². The molecule has 0 N–H and O–H groups in total. The van der Waals surface area contributed by atoms with Gasteiger partial charge in [-0.15, -0.1) is 11.3 Å². The van der Waals surface area contributed by atoms with E-state index in [0.717, 1.165) is 31.0 Å². The minimum atomic E-state index is -1.58. The molecule has 170 valence electrons. The summed E-state index contributed by atoms with van der Waals surface area (Å²) < 4.78 is 27.2. The third-order valence-corrected chi connectivity index (χ3v) is 7.71. The number of ether oxygens (including phenoxy) is 1. The first-order valence-electron chi connectivity index (χ1n) is 11.0. The summed E-state index contributed by atoms with van der Waals surface area (Å²) in [6.45, 7) is 10.6. The van der Waals surface area contributed by atoms with Gasteiger partial charge in [0.15, 0.2) is 0 Å². The molecule has 2 aliphatic heterocycles. The molecule has 2 aromatic rings. The van der Waals surface area contributed by atoms with Crippen LogP contribution in [0, 0.1) is 5.92 Å². The van der Waals surface area contributed by atoms with Crippen LogP contribution in [0.2, 0.25) is 0 Å². The van der Waals surface area contributed by atoms with Gasteiger partial charge in [0.25, 0.3) is 0 Å². The van der Waals surface area contributed by atoms with Crippen molar-refractivity contribution in [2.45, 2.75) is 58.1 Å². The molecule has 0 amide bonds. The number of hydrogen-bond acceptors (Lipinski definition) is 7. The summed E-state index contributed by atoms with van der Waals surface area (Å²) in [5.41, 5.74) is 2.45. The molecule has 0 saturated carbocycles. The van der Waals surface area contributed by atoms with Gasteiger partial charge in [0.05, 0.1) is 23.9 Å². The lowest BCUT2D eigenvalue weighted by atomic mass is 9.93. The molecule has 3 heterocycles. The standard InChI is InChI=1S/C23H32N2O4S2/c1-23(2,3)25-10-8-19(9-11-25)22-24-20(16-30-22)15-27-21-6-4-17(5-7-21)12-18-13-28-31(26)29-14-18/h4-7,16,18-19H,8-15H2,1-3H3/t18-,31-. The largest absolute Gasteiger partial charge is 0.487 e. The molecule has 31 heavy (non-hydrogen) atoms. The molecule has 0 aliphatic carbocycles. The Bertz CT molecular complexity index is 860. The number of likely N-dealkylation sites (tertiary alicyclic amines) is 1. The zero-order chi connectivity index (χ0) is 21.8. The molecule has 2 aliphatic rings. The lowest BCUT2D eigenvalue weighted by molar-refractivity contribution is 0.102. The number of benzene rings is 1. The Morgan fingerprint density at radius 2 is 1.84 bits per heavy atom. The third-order valence-electron chi connectivity index (χ3n) is 6.00. The summed E-state index contributed by atoms with van der Waals surface area (Å²) in [6.07, 6.45) is 3.19. The van der Waals surface area contributed by atoms with Crippen LogP contribution in [0.4, 0.5) is 0 Å². The first kappa shape index (κ1) is 22.9.